The SMILES string of the molecule is CC=CC(=O)N(CCOc1ccc(C[C@H](Nc2ccccc2C(=O)c2ccccc2)C(=O)O)cc1)c1cccc(Cl)c1. The van der Waals surface area contributed by atoms with E-state index >= 15 is 0 Å². The van der Waals surface area contributed by atoms with E-state index < -0.39 is 12.0 Å². The van der Waals surface area contributed by atoms with Gasteiger partial charge in [-0.3, -0.25) is 9.59 Å². The first-order chi connectivity index (χ1) is 20.4. The van der Waals surface area contributed by atoms with Crippen LogP contribution in [0, 0.1) is 0 Å². The van der Waals surface area contributed by atoms with Crippen molar-refractivity contribution in [2.45, 2.75) is 19.4 Å². The Kier molecular flexibility index (Phi) is 10.5. The molecule has 0 aromatic heterocycles. The first-order valence-corrected chi connectivity index (χ1v) is 13.8. The van der Waals surface area contributed by atoms with Crippen LogP contribution in [0.5, 0.6) is 5.75 Å². The zero-order valence-corrected chi connectivity index (χ0v) is 23.8. The molecule has 0 bridgehead atoms. The van der Waals surface area contributed by atoms with Gasteiger partial charge in [-0.05, 0) is 61.0 Å². The minimum atomic E-state index is -1.04. The van der Waals surface area contributed by atoms with E-state index in [1.165, 1.54) is 6.08 Å². The number of carbonyl (C=O) groups excluding carboxylic acids is 2. The number of nitrogens with zero attached hydrogens (tertiary/aromatic N) is 1. The standard InChI is InChI=1S/C34H31ClN2O5/c1-2-9-32(38)37(27-13-8-12-26(35)23-27)20-21-42-28-18-16-24(17-19-28)22-31(34(40)41)36-30-15-7-6-14-29(30)33(39)25-10-4-3-5-11-25/h2-19,23,31,36H,20-22H2,1H3,(H,40,41)/t31-/m0/s1. The van der Waals surface area contributed by atoms with Crippen molar-refractivity contribution in [1.82, 2.24) is 0 Å². The quantitative estimate of drug-likeness (QED) is 0.135. The minimum Gasteiger partial charge on any atom is -0.492 e. The average Bonchev–Trinajstić information content (AvgIpc) is 3.00. The van der Waals surface area contributed by atoms with Gasteiger partial charge in [0, 0.05) is 33.9 Å². The van der Waals surface area contributed by atoms with Crippen LogP contribution in [0.15, 0.2) is 115 Å². The molecule has 4 aromatic carbocycles. The van der Waals surface area contributed by atoms with Gasteiger partial charge in [0.25, 0.3) is 5.91 Å². The van der Waals surface area contributed by atoms with Gasteiger partial charge in [0.2, 0.25) is 0 Å². The predicted octanol–water partition coefficient (Wildman–Crippen LogP) is 6.67. The molecule has 0 aliphatic rings. The van der Waals surface area contributed by atoms with Crippen LogP contribution in [-0.4, -0.2) is 42.0 Å². The normalized spacial score (nSPS) is 11.6. The number of halogens is 1. The molecule has 4 aromatic rings. The maximum absolute atomic E-state index is 13.1. The third-order valence-electron chi connectivity index (χ3n) is 6.48. The number of amides is 1. The number of ketones is 1. The molecule has 0 heterocycles. The molecule has 0 fully saturated rings. The van der Waals surface area contributed by atoms with Gasteiger partial charge in [0.1, 0.15) is 18.4 Å². The molecule has 1 atom stereocenters. The summed E-state index contributed by atoms with van der Waals surface area (Å²) in [6.45, 7) is 2.32. The first kappa shape index (κ1) is 30.1. The molecular formula is C34H31ClN2O5. The van der Waals surface area contributed by atoms with Gasteiger partial charge in [-0.25, -0.2) is 4.79 Å². The summed E-state index contributed by atoms with van der Waals surface area (Å²) in [5.74, 6) is -0.824. The van der Waals surface area contributed by atoms with Crippen LogP contribution in [0.1, 0.15) is 28.4 Å². The lowest BCUT2D eigenvalue weighted by molar-refractivity contribution is -0.137. The molecule has 4 rings (SSSR count). The number of carbonyl (C=O) groups is 3. The fourth-order valence-corrected chi connectivity index (χ4v) is 4.58. The summed E-state index contributed by atoms with van der Waals surface area (Å²) in [4.78, 5) is 39.4. The summed E-state index contributed by atoms with van der Waals surface area (Å²) in [5, 5.41) is 13.5. The maximum atomic E-state index is 13.1. The van der Waals surface area contributed by atoms with Gasteiger partial charge in [-0.15, -0.1) is 0 Å². The first-order valence-electron chi connectivity index (χ1n) is 13.5. The van der Waals surface area contributed by atoms with E-state index in [1.54, 1.807) is 109 Å². The van der Waals surface area contributed by atoms with E-state index in [0.717, 1.165) is 5.56 Å². The molecule has 0 spiro atoms. The lowest BCUT2D eigenvalue weighted by Crippen LogP contribution is -2.33. The zero-order valence-electron chi connectivity index (χ0n) is 23.1. The molecule has 0 aliphatic heterocycles. The van der Waals surface area contributed by atoms with E-state index in [2.05, 4.69) is 5.32 Å². The lowest BCUT2D eigenvalue weighted by atomic mass is 10.00. The second kappa shape index (κ2) is 14.7. The van der Waals surface area contributed by atoms with Crippen LogP contribution in [0.3, 0.4) is 0 Å². The van der Waals surface area contributed by atoms with Crippen LogP contribution in [-0.2, 0) is 16.0 Å². The monoisotopic (exact) mass is 582 g/mol. The Morgan fingerprint density at radius 2 is 1.64 bits per heavy atom. The summed E-state index contributed by atoms with van der Waals surface area (Å²) < 4.78 is 5.88. The van der Waals surface area contributed by atoms with Crippen molar-refractivity contribution in [3.8, 4) is 5.75 Å². The summed E-state index contributed by atoms with van der Waals surface area (Å²) in [5.41, 5.74) is 2.83. The van der Waals surface area contributed by atoms with Crippen LogP contribution >= 0.6 is 11.6 Å². The number of nitrogens with one attached hydrogen (secondary N) is 1. The van der Waals surface area contributed by atoms with Crippen LogP contribution in [0.25, 0.3) is 0 Å². The van der Waals surface area contributed by atoms with E-state index in [4.69, 9.17) is 16.3 Å². The molecule has 8 heteroatoms. The van der Waals surface area contributed by atoms with E-state index in [-0.39, 0.29) is 24.7 Å². The third-order valence-corrected chi connectivity index (χ3v) is 6.71. The van der Waals surface area contributed by atoms with Gasteiger partial charge >= 0.3 is 5.97 Å². The number of aliphatic carboxylic acids is 1. The Hall–Kier alpha value is -4.88. The largest absolute Gasteiger partial charge is 0.492 e. The highest BCUT2D eigenvalue weighted by Gasteiger charge is 2.21. The molecule has 1 amide bonds. The molecule has 214 valence electrons. The molecule has 7 nitrogen and oxygen atoms in total. The molecule has 0 saturated carbocycles. The third kappa shape index (κ3) is 8.08. The number of carboxylic acid groups (broad SMARTS) is 1. The smallest absolute Gasteiger partial charge is 0.326 e. The Morgan fingerprint density at radius 1 is 0.929 bits per heavy atom. The molecule has 2 N–H and O–H groups in total. The van der Waals surface area contributed by atoms with Crippen molar-refractivity contribution in [2.24, 2.45) is 0 Å². The molecular weight excluding hydrogens is 552 g/mol. The summed E-state index contributed by atoms with van der Waals surface area (Å²) in [6.07, 6.45) is 3.35. The van der Waals surface area contributed by atoms with Crippen molar-refractivity contribution < 1.29 is 24.2 Å². The number of hydrogen-bond donors (Lipinski definition) is 2. The highest BCUT2D eigenvalue weighted by Crippen LogP contribution is 2.23. The minimum absolute atomic E-state index is 0.182. The fourth-order valence-electron chi connectivity index (χ4n) is 4.40. The van der Waals surface area contributed by atoms with Gasteiger partial charge in [0.05, 0.1) is 6.54 Å². The molecule has 0 radical (unpaired) electrons. The van der Waals surface area contributed by atoms with Gasteiger partial charge in [-0.1, -0.05) is 78.3 Å². The number of rotatable bonds is 13. The van der Waals surface area contributed by atoms with E-state index in [9.17, 15) is 19.5 Å². The predicted molar refractivity (Wildman–Crippen MR) is 166 cm³/mol. The van der Waals surface area contributed by atoms with Crippen molar-refractivity contribution >= 4 is 40.6 Å². The Balaban J connectivity index is 1.39. The number of allylic oxidation sites excluding steroid dienone is 1. The highest BCUT2D eigenvalue weighted by atomic mass is 35.5. The number of carboxylic acids is 1. The van der Waals surface area contributed by atoms with E-state index in [1.807, 2.05) is 12.1 Å². The lowest BCUT2D eigenvalue weighted by Gasteiger charge is -2.22. The Morgan fingerprint density at radius 3 is 2.33 bits per heavy atom. The summed E-state index contributed by atoms with van der Waals surface area (Å²) in [7, 11) is 0. The van der Waals surface area contributed by atoms with Crippen LogP contribution in [0.2, 0.25) is 5.02 Å². The van der Waals surface area contributed by atoms with Crippen LogP contribution in [0.4, 0.5) is 11.4 Å². The Labute approximate surface area is 250 Å². The molecule has 0 unspecified atom stereocenters. The number of hydrogen-bond acceptors (Lipinski definition) is 5. The number of para-hydroxylation sites is 1. The van der Waals surface area contributed by atoms with Crippen LogP contribution < -0.4 is 15.0 Å². The topological polar surface area (TPSA) is 95.9 Å². The maximum Gasteiger partial charge on any atom is 0.326 e. The molecule has 0 aliphatic carbocycles. The average molecular weight is 583 g/mol. The number of anilines is 2. The van der Waals surface area contributed by atoms with E-state index in [0.29, 0.717) is 39.8 Å². The summed E-state index contributed by atoms with van der Waals surface area (Å²) >= 11 is 6.12. The van der Waals surface area contributed by atoms with Crippen molar-refractivity contribution in [1.29, 1.82) is 0 Å². The van der Waals surface area contributed by atoms with Gasteiger partial charge in [-0.2, -0.15) is 0 Å². The summed E-state index contributed by atoms with van der Waals surface area (Å²) in [6, 6.07) is 29.0. The van der Waals surface area contributed by atoms with Crippen molar-refractivity contribution in [2.75, 3.05) is 23.4 Å². The second-order valence-electron chi connectivity index (χ2n) is 9.44. The van der Waals surface area contributed by atoms with Gasteiger partial charge in [0.15, 0.2) is 5.78 Å². The highest BCUT2D eigenvalue weighted by molar-refractivity contribution is 6.31. The fraction of sp³-hybridized carbons (Fsp3) is 0.147. The molecule has 42 heavy (non-hydrogen) atoms. The van der Waals surface area contributed by atoms with Gasteiger partial charge < -0.3 is 20.1 Å². The number of ether oxygens (including phenoxy) is 1. The second-order valence-corrected chi connectivity index (χ2v) is 9.88. The Bertz CT molecular complexity index is 1550. The van der Waals surface area contributed by atoms with Crippen molar-refractivity contribution in [3.05, 3.63) is 137 Å². The van der Waals surface area contributed by atoms with Crippen molar-refractivity contribution in [3.63, 3.8) is 0 Å². The molecule has 0 saturated heterocycles. The number of benzene rings is 4. The zero-order chi connectivity index (χ0) is 29.9.